The molecule has 27 heavy (non-hydrogen) atoms. The lowest BCUT2D eigenvalue weighted by atomic mass is 10.1. The number of nitrogens with one attached hydrogen (secondary N) is 1. The topological polar surface area (TPSA) is 47.0 Å². The summed E-state index contributed by atoms with van der Waals surface area (Å²) in [5.74, 6) is 2.41. The number of hydrogen-bond donors (Lipinski definition) is 1. The van der Waals surface area contributed by atoms with Crippen LogP contribution in [0.4, 0.5) is 11.5 Å². The monoisotopic (exact) mass is 439 g/mol. The summed E-state index contributed by atoms with van der Waals surface area (Å²) in [7, 11) is 1.67. The number of methoxy groups -OCH3 is 1. The Balaban J connectivity index is 1.83. The van der Waals surface area contributed by atoms with Gasteiger partial charge < -0.3 is 10.1 Å². The van der Waals surface area contributed by atoms with Crippen molar-refractivity contribution in [1.82, 2.24) is 9.97 Å². The third-order valence-corrected chi connectivity index (χ3v) is 6.11. The molecule has 0 aliphatic rings. The second-order valence-electron chi connectivity index (χ2n) is 6.27. The van der Waals surface area contributed by atoms with Crippen molar-refractivity contribution < 1.29 is 4.74 Å². The number of aryl methyl sites for hydroxylation is 2. The predicted octanol–water partition coefficient (Wildman–Crippen LogP) is 6.49. The molecule has 1 N–H and O–H groups in total. The van der Waals surface area contributed by atoms with E-state index in [1.807, 2.05) is 19.1 Å². The molecule has 0 fully saturated rings. The fraction of sp³-hybridized carbons (Fsp3) is 0.143. The first-order valence-corrected chi connectivity index (χ1v) is 10.2. The second kappa shape index (κ2) is 7.29. The maximum Gasteiger partial charge on any atom is 0.143 e. The predicted molar refractivity (Wildman–Crippen MR) is 116 cm³/mol. The second-order valence-corrected chi connectivity index (χ2v) is 7.98. The van der Waals surface area contributed by atoms with Crippen molar-refractivity contribution in [2.75, 3.05) is 12.4 Å². The highest BCUT2D eigenvalue weighted by Crippen LogP contribution is 2.38. The average Bonchev–Trinajstić information content (AvgIpc) is 3.08. The molecule has 2 heterocycles. The van der Waals surface area contributed by atoms with E-state index < -0.39 is 0 Å². The lowest BCUT2D eigenvalue weighted by molar-refractivity contribution is 0.415. The van der Waals surface area contributed by atoms with Crippen molar-refractivity contribution in [2.45, 2.75) is 13.8 Å². The Bertz CT molecular complexity index is 1120. The van der Waals surface area contributed by atoms with Crippen LogP contribution in [0.3, 0.4) is 0 Å². The van der Waals surface area contributed by atoms with Crippen molar-refractivity contribution in [1.29, 1.82) is 0 Å². The molecule has 2 aromatic heterocycles. The van der Waals surface area contributed by atoms with Gasteiger partial charge in [-0.3, -0.25) is 0 Å². The van der Waals surface area contributed by atoms with Crippen LogP contribution in [0.5, 0.6) is 5.75 Å². The summed E-state index contributed by atoms with van der Waals surface area (Å²) < 4.78 is 6.34. The van der Waals surface area contributed by atoms with Crippen molar-refractivity contribution in [3.63, 3.8) is 0 Å². The quantitative estimate of drug-likeness (QED) is 0.394. The lowest BCUT2D eigenvalue weighted by Crippen LogP contribution is -1.98. The largest absolute Gasteiger partial charge is 0.497 e. The normalized spacial score (nSPS) is 11.0. The molecule has 0 spiro atoms. The first kappa shape index (κ1) is 17.9. The molecule has 4 rings (SSSR count). The van der Waals surface area contributed by atoms with Crippen LogP contribution in [0.15, 0.2) is 52.3 Å². The van der Waals surface area contributed by atoms with E-state index >= 15 is 0 Å². The number of hydrogen-bond acceptors (Lipinski definition) is 5. The highest BCUT2D eigenvalue weighted by Gasteiger charge is 2.15. The van der Waals surface area contributed by atoms with E-state index in [0.29, 0.717) is 0 Å². The summed E-state index contributed by atoms with van der Waals surface area (Å²) in [6, 6.07) is 14.3. The van der Waals surface area contributed by atoms with Crippen LogP contribution in [-0.4, -0.2) is 17.1 Å². The maximum absolute atomic E-state index is 5.27. The minimum atomic E-state index is 0.749. The van der Waals surface area contributed by atoms with E-state index in [9.17, 15) is 0 Å². The first-order valence-electron chi connectivity index (χ1n) is 8.48. The molecule has 0 aliphatic carbocycles. The molecule has 0 saturated carbocycles. The summed E-state index contributed by atoms with van der Waals surface area (Å²) >= 11 is 5.23. The molecular formula is C21H18BrN3OS. The Hall–Kier alpha value is -2.44. The van der Waals surface area contributed by atoms with E-state index in [0.717, 1.165) is 48.9 Å². The number of ether oxygens (including phenoxy) is 1. The minimum Gasteiger partial charge on any atom is -0.497 e. The highest BCUT2D eigenvalue weighted by molar-refractivity contribution is 9.10. The van der Waals surface area contributed by atoms with E-state index in [1.54, 1.807) is 18.4 Å². The molecular weight excluding hydrogens is 422 g/mol. The Morgan fingerprint density at radius 2 is 1.81 bits per heavy atom. The molecule has 136 valence electrons. The molecule has 4 nitrogen and oxygen atoms in total. The van der Waals surface area contributed by atoms with Crippen LogP contribution in [0, 0.1) is 13.8 Å². The summed E-state index contributed by atoms with van der Waals surface area (Å²) in [5.41, 5.74) is 4.41. The van der Waals surface area contributed by atoms with Gasteiger partial charge >= 0.3 is 0 Å². The van der Waals surface area contributed by atoms with Gasteiger partial charge in [-0.25, -0.2) is 9.97 Å². The maximum atomic E-state index is 5.27. The van der Waals surface area contributed by atoms with E-state index in [2.05, 4.69) is 73.9 Å². The zero-order valence-electron chi connectivity index (χ0n) is 15.2. The fourth-order valence-electron chi connectivity index (χ4n) is 2.93. The van der Waals surface area contributed by atoms with Gasteiger partial charge in [0.05, 0.1) is 12.5 Å². The summed E-state index contributed by atoms with van der Waals surface area (Å²) in [5, 5.41) is 6.65. The third-order valence-electron chi connectivity index (χ3n) is 4.38. The number of halogens is 1. The zero-order valence-corrected chi connectivity index (χ0v) is 17.6. The first-order chi connectivity index (χ1) is 13.0. The van der Waals surface area contributed by atoms with Gasteiger partial charge in [0.15, 0.2) is 0 Å². The molecule has 0 unspecified atom stereocenters. The molecule has 6 heteroatoms. The van der Waals surface area contributed by atoms with Crippen molar-refractivity contribution in [2.24, 2.45) is 0 Å². The molecule has 0 bridgehead atoms. The van der Waals surface area contributed by atoms with Crippen molar-refractivity contribution in [3.05, 3.63) is 63.7 Å². The minimum absolute atomic E-state index is 0.749. The van der Waals surface area contributed by atoms with Crippen LogP contribution < -0.4 is 10.1 Å². The van der Waals surface area contributed by atoms with Crippen LogP contribution in [0.1, 0.15) is 11.4 Å². The smallest absolute Gasteiger partial charge is 0.143 e. The number of nitrogens with zero attached hydrogens (tertiary/aromatic N) is 2. The number of fused-ring (bicyclic) bond motifs is 1. The van der Waals surface area contributed by atoms with Crippen LogP contribution in [0.2, 0.25) is 0 Å². The number of rotatable bonds is 4. The summed E-state index contributed by atoms with van der Waals surface area (Å²) in [6.45, 7) is 3.99. The number of anilines is 2. The van der Waals surface area contributed by atoms with Gasteiger partial charge in [-0.2, -0.15) is 0 Å². The zero-order chi connectivity index (χ0) is 19.0. The Kier molecular flexibility index (Phi) is 4.85. The molecule has 0 radical (unpaired) electrons. The summed E-state index contributed by atoms with van der Waals surface area (Å²) in [6.07, 6.45) is 0. The Morgan fingerprint density at radius 3 is 2.52 bits per heavy atom. The number of aromatic nitrogens is 2. The van der Waals surface area contributed by atoms with E-state index in [4.69, 9.17) is 4.74 Å². The van der Waals surface area contributed by atoms with Crippen LogP contribution in [0.25, 0.3) is 21.3 Å². The Morgan fingerprint density at radius 1 is 1.04 bits per heavy atom. The van der Waals surface area contributed by atoms with Gasteiger partial charge in [0, 0.05) is 21.1 Å². The number of benzene rings is 2. The molecule has 2 aromatic carbocycles. The van der Waals surface area contributed by atoms with Crippen LogP contribution in [-0.2, 0) is 0 Å². The van der Waals surface area contributed by atoms with E-state index in [1.165, 1.54) is 5.56 Å². The molecule has 0 saturated heterocycles. The molecule has 0 aliphatic heterocycles. The highest BCUT2D eigenvalue weighted by atomic mass is 79.9. The number of thiophene rings is 1. The van der Waals surface area contributed by atoms with Crippen molar-refractivity contribution >= 4 is 49.0 Å². The molecule has 0 atom stereocenters. The van der Waals surface area contributed by atoms with Gasteiger partial charge in [-0.15, -0.1) is 11.3 Å². The van der Waals surface area contributed by atoms with E-state index in [-0.39, 0.29) is 0 Å². The Labute approximate surface area is 170 Å². The molecule has 4 aromatic rings. The lowest BCUT2D eigenvalue weighted by Gasteiger charge is -2.11. The standard InChI is InChI=1S/C21H18BrN3OS/c1-12-4-7-15(10-18(12)22)25-20-19-17(11-27-21(19)24-13(2)23-20)14-5-8-16(26-3)9-6-14/h4-11H,1-3H3,(H,23,24,25). The van der Waals surface area contributed by atoms with Crippen LogP contribution >= 0.6 is 27.3 Å². The fourth-order valence-corrected chi connectivity index (χ4v) is 4.30. The van der Waals surface area contributed by atoms with Gasteiger partial charge in [0.1, 0.15) is 22.2 Å². The average molecular weight is 440 g/mol. The van der Waals surface area contributed by atoms with Gasteiger partial charge in [0.2, 0.25) is 0 Å². The SMILES string of the molecule is COc1ccc(-c2csc3nc(C)nc(Nc4ccc(C)c(Br)c4)c23)cc1. The third kappa shape index (κ3) is 3.55. The summed E-state index contributed by atoms with van der Waals surface area (Å²) in [4.78, 5) is 10.3. The van der Waals surface area contributed by atoms with Gasteiger partial charge in [0.25, 0.3) is 0 Å². The van der Waals surface area contributed by atoms with Crippen molar-refractivity contribution in [3.8, 4) is 16.9 Å². The van der Waals surface area contributed by atoms with Gasteiger partial charge in [-0.05, 0) is 49.2 Å². The molecule has 0 amide bonds. The van der Waals surface area contributed by atoms with Gasteiger partial charge in [-0.1, -0.05) is 34.1 Å².